The highest BCUT2D eigenvalue weighted by atomic mass is 79.9. The topological polar surface area (TPSA) is 56.5 Å². The molecule has 1 atom stereocenters. The van der Waals surface area contributed by atoms with E-state index in [2.05, 4.69) is 27.4 Å². The number of rotatable bonds is 6. The summed E-state index contributed by atoms with van der Waals surface area (Å²) in [6.07, 6.45) is 8.16. The van der Waals surface area contributed by atoms with Gasteiger partial charge in [0.15, 0.2) is 0 Å². The lowest BCUT2D eigenvalue weighted by Gasteiger charge is -2.23. The number of nitrogens with two attached hydrogens (primary N) is 1. The summed E-state index contributed by atoms with van der Waals surface area (Å²) in [6, 6.07) is 3.98. The van der Waals surface area contributed by atoms with E-state index in [-0.39, 0.29) is 6.04 Å². The number of halogens is 1. The van der Waals surface area contributed by atoms with Gasteiger partial charge in [-0.1, -0.05) is 11.6 Å². The molecule has 21 heavy (non-hydrogen) atoms. The van der Waals surface area contributed by atoms with E-state index >= 15 is 0 Å². The van der Waals surface area contributed by atoms with Gasteiger partial charge in [-0.2, -0.15) is 0 Å². The Labute approximate surface area is 134 Å². The fourth-order valence-corrected chi connectivity index (χ4v) is 3.49. The van der Waals surface area contributed by atoms with Crippen molar-refractivity contribution in [3.05, 3.63) is 33.8 Å². The van der Waals surface area contributed by atoms with Crippen molar-refractivity contribution < 1.29 is 9.47 Å². The summed E-state index contributed by atoms with van der Waals surface area (Å²) in [6.45, 7) is 0. The number of nitrogens with one attached hydrogen (secondary N) is 1. The highest BCUT2D eigenvalue weighted by Gasteiger charge is 2.21. The summed E-state index contributed by atoms with van der Waals surface area (Å²) < 4.78 is 11.7. The largest absolute Gasteiger partial charge is 0.495 e. The smallest absolute Gasteiger partial charge is 0.141 e. The fourth-order valence-electron chi connectivity index (χ4n) is 2.80. The maximum Gasteiger partial charge on any atom is 0.141 e. The molecule has 0 saturated heterocycles. The monoisotopic (exact) mass is 354 g/mol. The van der Waals surface area contributed by atoms with E-state index in [1.165, 1.54) is 24.8 Å². The third-order valence-corrected chi connectivity index (χ3v) is 4.70. The van der Waals surface area contributed by atoms with Crippen molar-refractivity contribution in [3.8, 4) is 11.5 Å². The summed E-state index contributed by atoms with van der Waals surface area (Å²) in [5.74, 6) is 7.31. The van der Waals surface area contributed by atoms with E-state index in [1.54, 1.807) is 14.2 Å². The molecule has 0 heterocycles. The molecule has 1 aliphatic rings. The van der Waals surface area contributed by atoms with Crippen LogP contribution in [0.15, 0.2) is 28.3 Å². The first-order valence-corrected chi connectivity index (χ1v) is 8.05. The molecule has 1 aromatic rings. The molecule has 1 unspecified atom stereocenters. The van der Waals surface area contributed by atoms with Gasteiger partial charge in [-0.3, -0.25) is 11.3 Å². The Kier molecular flexibility index (Phi) is 6.08. The molecule has 4 nitrogen and oxygen atoms in total. The van der Waals surface area contributed by atoms with Crippen LogP contribution >= 0.6 is 15.9 Å². The number of hydrogen-bond acceptors (Lipinski definition) is 4. The lowest BCUT2D eigenvalue weighted by Crippen LogP contribution is -2.29. The van der Waals surface area contributed by atoms with Crippen LogP contribution in [-0.4, -0.2) is 14.2 Å². The second kappa shape index (κ2) is 7.82. The molecule has 3 N–H and O–H groups in total. The molecule has 0 aromatic heterocycles. The van der Waals surface area contributed by atoms with Gasteiger partial charge in [0.05, 0.1) is 20.3 Å². The molecule has 1 aliphatic carbocycles. The molecule has 0 saturated carbocycles. The van der Waals surface area contributed by atoms with Gasteiger partial charge in [-0.15, -0.1) is 0 Å². The minimum absolute atomic E-state index is 0.0338. The Balaban J connectivity index is 2.28. The fraction of sp³-hybridized carbons (Fsp3) is 0.500. The molecular weight excluding hydrogens is 332 g/mol. The van der Waals surface area contributed by atoms with Gasteiger partial charge in [0.2, 0.25) is 0 Å². The maximum absolute atomic E-state index is 5.79. The van der Waals surface area contributed by atoms with Gasteiger partial charge in [0, 0.05) is 5.56 Å². The van der Waals surface area contributed by atoms with Crippen LogP contribution in [0.25, 0.3) is 0 Å². The van der Waals surface area contributed by atoms with Crippen LogP contribution in [0.4, 0.5) is 0 Å². The minimum atomic E-state index is 0.0338. The van der Waals surface area contributed by atoms with Gasteiger partial charge in [-0.05, 0) is 60.2 Å². The van der Waals surface area contributed by atoms with Crippen LogP contribution < -0.4 is 20.7 Å². The number of benzene rings is 1. The van der Waals surface area contributed by atoms with Crippen molar-refractivity contribution in [1.29, 1.82) is 0 Å². The molecule has 116 valence electrons. The molecule has 0 bridgehead atoms. The van der Waals surface area contributed by atoms with Crippen molar-refractivity contribution in [2.75, 3.05) is 14.2 Å². The summed E-state index contributed by atoms with van der Waals surface area (Å²) in [7, 11) is 3.31. The Morgan fingerprint density at radius 3 is 2.67 bits per heavy atom. The number of hydrogen-bond donors (Lipinski definition) is 2. The van der Waals surface area contributed by atoms with Gasteiger partial charge < -0.3 is 9.47 Å². The zero-order chi connectivity index (χ0) is 15.2. The maximum atomic E-state index is 5.79. The summed E-state index contributed by atoms with van der Waals surface area (Å²) in [5.41, 5.74) is 5.43. The first-order valence-electron chi connectivity index (χ1n) is 7.25. The highest BCUT2D eigenvalue weighted by molar-refractivity contribution is 9.10. The highest BCUT2D eigenvalue weighted by Crippen LogP contribution is 2.41. The van der Waals surface area contributed by atoms with Gasteiger partial charge in [0.25, 0.3) is 0 Å². The van der Waals surface area contributed by atoms with Crippen molar-refractivity contribution in [3.63, 3.8) is 0 Å². The van der Waals surface area contributed by atoms with Crippen molar-refractivity contribution >= 4 is 15.9 Å². The van der Waals surface area contributed by atoms with Crippen LogP contribution in [0.2, 0.25) is 0 Å². The molecule has 0 amide bonds. The molecule has 1 aromatic carbocycles. The third kappa shape index (κ3) is 3.78. The normalized spacial score (nSPS) is 16.3. The predicted octanol–water partition coefficient (Wildman–Crippen LogP) is 3.86. The minimum Gasteiger partial charge on any atom is -0.495 e. The van der Waals surface area contributed by atoms with Gasteiger partial charge in [-0.25, -0.2) is 0 Å². The third-order valence-electron chi connectivity index (χ3n) is 3.94. The molecule has 0 radical (unpaired) electrons. The predicted molar refractivity (Wildman–Crippen MR) is 88.5 cm³/mol. The second-order valence-electron chi connectivity index (χ2n) is 5.24. The van der Waals surface area contributed by atoms with E-state index < -0.39 is 0 Å². The quantitative estimate of drug-likeness (QED) is 0.462. The first-order chi connectivity index (χ1) is 10.2. The summed E-state index contributed by atoms with van der Waals surface area (Å²) in [5, 5.41) is 0. The zero-order valence-corrected chi connectivity index (χ0v) is 14.2. The average Bonchev–Trinajstić information content (AvgIpc) is 2.53. The Bertz CT molecular complexity index is 517. The van der Waals surface area contributed by atoms with Gasteiger partial charge >= 0.3 is 0 Å². The average molecular weight is 355 g/mol. The Morgan fingerprint density at radius 1 is 1.29 bits per heavy atom. The van der Waals surface area contributed by atoms with Crippen molar-refractivity contribution in [1.82, 2.24) is 5.43 Å². The second-order valence-corrected chi connectivity index (χ2v) is 6.03. The van der Waals surface area contributed by atoms with E-state index in [0.29, 0.717) is 0 Å². The van der Waals surface area contributed by atoms with Crippen LogP contribution in [0.1, 0.15) is 43.7 Å². The Hall–Kier alpha value is -1.04. The standard InChI is InChI=1S/C16H23BrN2O2/c1-20-14-9-8-12(16(21-2)15(14)17)13(19-18)10-11-6-4-3-5-7-11/h6,8-9,13,19H,3-5,7,10,18H2,1-2H3. The molecule has 0 aliphatic heterocycles. The lowest BCUT2D eigenvalue weighted by molar-refractivity contribution is 0.379. The molecule has 2 rings (SSSR count). The van der Waals surface area contributed by atoms with Crippen LogP contribution in [0, 0.1) is 0 Å². The van der Waals surface area contributed by atoms with Crippen LogP contribution in [0.3, 0.4) is 0 Å². The van der Waals surface area contributed by atoms with E-state index in [0.717, 1.165) is 34.4 Å². The Morgan fingerprint density at radius 2 is 2.10 bits per heavy atom. The lowest BCUT2D eigenvalue weighted by atomic mass is 9.91. The number of ether oxygens (including phenoxy) is 2. The van der Waals surface area contributed by atoms with Gasteiger partial charge in [0.1, 0.15) is 16.0 Å². The SMILES string of the molecule is COc1ccc(C(CC2=CCCCC2)NN)c(OC)c1Br. The zero-order valence-electron chi connectivity index (χ0n) is 12.6. The molecule has 0 fully saturated rings. The van der Waals surface area contributed by atoms with E-state index in [1.807, 2.05) is 12.1 Å². The summed E-state index contributed by atoms with van der Waals surface area (Å²) >= 11 is 3.54. The first kappa shape index (κ1) is 16.3. The van der Waals surface area contributed by atoms with E-state index in [4.69, 9.17) is 15.3 Å². The van der Waals surface area contributed by atoms with Crippen LogP contribution in [-0.2, 0) is 0 Å². The van der Waals surface area contributed by atoms with Crippen LogP contribution in [0.5, 0.6) is 11.5 Å². The van der Waals surface area contributed by atoms with Crippen molar-refractivity contribution in [2.24, 2.45) is 5.84 Å². The van der Waals surface area contributed by atoms with Crippen molar-refractivity contribution in [2.45, 2.75) is 38.1 Å². The molecule has 5 heteroatoms. The molecular formula is C16H23BrN2O2. The summed E-state index contributed by atoms with van der Waals surface area (Å²) in [4.78, 5) is 0. The van der Waals surface area contributed by atoms with E-state index in [9.17, 15) is 0 Å². The number of methoxy groups -OCH3 is 2. The number of allylic oxidation sites excluding steroid dienone is 1. The number of hydrazine groups is 1. The molecule has 0 spiro atoms.